The molecule has 0 fully saturated rings. The maximum atomic E-state index is 12.3. The van der Waals surface area contributed by atoms with E-state index < -0.39 is 0 Å². The van der Waals surface area contributed by atoms with Crippen molar-refractivity contribution in [1.82, 2.24) is 4.98 Å². The Balaban J connectivity index is 1.72. The number of ether oxygens (including phenoxy) is 1. The van der Waals surface area contributed by atoms with Crippen LogP contribution in [0, 0.1) is 0 Å². The smallest absolute Gasteiger partial charge is 0.255 e. The Morgan fingerprint density at radius 1 is 0.917 bits per heavy atom. The van der Waals surface area contributed by atoms with E-state index in [4.69, 9.17) is 4.74 Å². The summed E-state index contributed by atoms with van der Waals surface area (Å²) in [5.41, 5.74) is 3.04. The van der Waals surface area contributed by atoms with E-state index in [0.717, 1.165) is 17.1 Å². The molecule has 2 aromatic carbocycles. The molecular weight excluding hydrogens is 302 g/mol. The fraction of sp³-hybridized carbons (Fsp3) is 0.0526. The molecule has 120 valence electrons. The number of nitrogens with zero attached hydrogens (tertiary/aromatic N) is 1. The second-order valence-electron chi connectivity index (χ2n) is 5.12. The highest BCUT2D eigenvalue weighted by molar-refractivity contribution is 6.04. The Hall–Kier alpha value is -3.34. The molecule has 0 spiro atoms. The normalized spacial score (nSPS) is 10.0. The summed E-state index contributed by atoms with van der Waals surface area (Å²) in [6.07, 6.45) is 3.27. The fourth-order valence-corrected chi connectivity index (χ4v) is 2.22. The van der Waals surface area contributed by atoms with E-state index >= 15 is 0 Å². The highest BCUT2D eigenvalue weighted by atomic mass is 16.5. The number of hydrogen-bond donors (Lipinski definition) is 2. The minimum Gasteiger partial charge on any atom is -0.497 e. The number of anilines is 3. The van der Waals surface area contributed by atoms with Gasteiger partial charge in [0.15, 0.2) is 0 Å². The minimum absolute atomic E-state index is 0.167. The van der Waals surface area contributed by atoms with Crippen molar-refractivity contribution in [2.75, 3.05) is 17.7 Å². The second-order valence-corrected chi connectivity index (χ2v) is 5.12. The molecule has 0 aliphatic rings. The molecule has 0 unspecified atom stereocenters. The second kappa shape index (κ2) is 7.28. The van der Waals surface area contributed by atoms with Crippen molar-refractivity contribution in [3.8, 4) is 5.75 Å². The average molecular weight is 319 g/mol. The standard InChI is InChI=1S/C19H17N3O2/c1-24-18-7-5-15(6-8-18)21-17-4-2-3-14(13-17)19(23)22-16-9-11-20-12-10-16/h2-13,21H,1H3,(H,20,22,23). The quantitative estimate of drug-likeness (QED) is 0.743. The Labute approximate surface area is 140 Å². The lowest BCUT2D eigenvalue weighted by Crippen LogP contribution is -2.12. The SMILES string of the molecule is COc1ccc(Nc2cccc(C(=O)Nc3ccncc3)c2)cc1. The topological polar surface area (TPSA) is 63.2 Å². The Kier molecular flexibility index (Phi) is 4.72. The van der Waals surface area contributed by atoms with Crippen molar-refractivity contribution in [3.63, 3.8) is 0 Å². The molecule has 5 nitrogen and oxygen atoms in total. The number of aromatic nitrogens is 1. The van der Waals surface area contributed by atoms with Crippen LogP contribution in [0.5, 0.6) is 5.75 Å². The number of amides is 1. The summed E-state index contributed by atoms with van der Waals surface area (Å²) in [6.45, 7) is 0. The van der Waals surface area contributed by atoms with E-state index in [-0.39, 0.29) is 5.91 Å². The molecule has 1 amide bonds. The minimum atomic E-state index is -0.167. The number of methoxy groups -OCH3 is 1. The van der Waals surface area contributed by atoms with Crippen molar-refractivity contribution in [2.24, 2.45) is 0 Å². The number of pyridine rings is 1. The zero-order chi connectivity index (χ0) is 16.8. The lowest BCUT2D eigenvalue weighted by molar-refractivity contribution is 0.102. The van der Waals surface area contributed by atoms with Gasteiger partial charge in [0.05, 0.1) is 7.11 Å². The highest BCUT2D eigenvalue weighted by Gasteiger charge is 2.07. The summed E-state index contributed by atoms with van der Waals surface area (Å²) in [6, 6.07) is 18.4. The molecule has 24 heavy (non-hydrogen) atoms. The van der Waals surface area contributed by atoms with E-state index in [2.05, 4.69) is 15.6 Å². The van der Waals surface area contributed by atoms with Crippen LogP contribution in [0.15, 0.2) is 73.1 Å². The number of nitrogens with one attached hydrogen (secondary N) is 2. The summed E-state index contributed by atoms with van der Waals surface area (Å²) in [5.74, 6) is 0.630. The van der Waals surface area contributed by atoms with Gasteiger partial charge in [0, 0.05) is 35.0 Å². The predicted octanol–water partition coefficient (Wildman–Crippen LogP) is 4.09. The van der Waals surface area contributed by atoms with Crippen LogP contribution in [-0.4, -0.2) is 18.0 Å². The zero-order valence-electron chi connectivity index (χ0n) is 13.2. The van der Waals surface area contributed by atoms with Crippen LogP contribution in [0.1, 0.15) is 10.4 Å². The monoisotopic (exact) mass is 319 g/mol. The third kappa shape index (κ3) is 3.89. The van der Waals surface area contributed by atoms with Crippen molar-refractivity contribution in [2.45, 2.75) is 0 Å². The molecule has 0 radical (unpaired) electrons. The molecule has 3 aromatic rings. The van der Waals surface area contributed by atoms with Crippen LogP contribution >= 0.6 is 0 Å². The van der Waals surface area contributed by atoms with E-state index in [1.165, 1.54) is 0 Å². The molecule has 1 heterocycles. The third-order valence-corrected chi connectivity index (χ3v) is 3.44. The number of benzene rings is 2. The number of carbonyl (C=O) groups excluding carboxylic acids is 1. The summed E-state index contributed by atoms with van der Waals surface area (Å²) in [4.78, 5) is 16.3. The molecule has 0 saturated carbocycles. The van der Waals surface area contributed by atoms with Gasteiger partial charge in [-0.15, -0.1) is 0 Å². The van der Waals surface area contributed by atoms with E-state index in [1.54, 1.807) is 43.8 Å². The van der Waals surface area contributed by atoms with E-state index in [1.807, 2.05) is 36.4 Å². The molecule has 1 aromatic heterocycles. The Morgan fingerprint density at radius 2 is 1.67 bits per heavy atom. The largest absolute Gasteiger partial charge is 0.497 e. The molecule has 0 aliphatic heterocycles. The van der Waals surface area contributed by atoms with Gasteiger partial charge in [0.1, 0.15) is 5.75 Å². The molecule has 0 bridgehead atoms. The molecule has 3 rings (SSSR count). The predicted molar refractivity (Wildman–Crippen MR) is 94.9 cm³/mol. The van der Waals surface area contributed by atoms with Crippen molar-refractivity contribution < 1.29 is 9.53 Å². The van der Waals surface area contributed by atoms with Gasteiger partial charge in [-0.3, -0.25) is 9.78 Å². The van der Waals surface area contributed by atoms with Crippen LogP contribution in [0.25, 0.3) is 0 Å². The maximum absolute atomic E-state index is 12.3. The average Bonchev–Trinajstić information content (AvgIpc) is 2.63. The molecule has 5 heteroatoms. The van der Waals surface area contributed by atoms with Gasteiger partial charge in [-0.1, -0.05) is 6.07 Å². The van der Waals surface area contributed by atoms with Crippen molar-refractivity contribution in [3.05, 3.63) is 78.6 Å². The number of hydrogen-bond acceptors (Lipinski definition) is 4. The Morgan fingerprint density at radius 3 is 2.38 bits per heavy atom. The molecule has 2 N–H and O–H groups in total. The summed E-state index contributed by atoms with van der Waals surface area (Å²) >= 11 is 0. The van der Waals surface area contributed by atoms with Gasteiger partial charge in [0.25, 0.3) is 5.91 Å². The van der Waals surface area contributed by atoms with Crippen LogP contribution in [0.3, 0.4) is 0 Å². The van der Waals surface area contributed by atoms with Gasteiger partial charge in [-0.25, -0.2) is 0 Å². The van der Waals surface area contributed by atoms with Gasteiger partial charge in [-0.05, 0) is 54.6 Å². The number of carbonyl (C=O) groups is 1. The first-order valence-electron chi connectivity index (χ1n) is 7.47. The summed E-state index contributed by atoms with van der Waals surface area (Å²) < 4.78 is 5.14. The summed E-state index contributed by atoms with van der Waals surface area (Å²) in [7, 11) is 1.63. The molecule has 0 aliphatic carbocycles. The van der Waals surface area contributed by atoms with Crippen LogP contribution < -0.4 is 15.4 Å². The van der Waals surface area contributed by atoms with Gasteiger partial charge >= 0.3 is 0 Å². The van der Waals surface area contributed by atoms with Crippen LogP contribution in [-0.2, 0) is 0 Å². The first-order chi connectivity index (χ1) is 11.7. The Bertz CT molecular complexity index is 818. The number of rotatable bonds is 5. The lowest BCUT2D eigenvalue weighted by Gasteiger charge is -2.09. The lowest BCUT2D eigenvalue weighted by atomic mass is 10.1. The first-order valence-corrected chi connectivity index (χ1v) is 7.47. The van der Waals surface area contributed by atoms with E-state index in [9.17, 15) is 4.79 Å². The van der Waals surface area contributed by atoms with Gasteiger partial charge < -0.3 is 15.4 Å². The highest BCUT2D eigenvalue weighted by Crippen LogP contribution is 2.21. The van der Waals surface area contributed by atoms with Gasteiger partial charge in [-0.2, -0.15) is 0 Å². The van der Waals surface area contributed by atoms with E-state index in [0.29, 0.717) is 11.3 Å². The maximum Gasteiger partial charge on any atom is 0.255 e. The fourth-order valence-electron chi connectivity index (χ4n) is 2.22. The first kappa shape index (κ1) is 15.6. The molecule has 0 saturated heterocycles. The molecular formula is C19H17N3O2. The van der Waals surface area contributed by atoms with Gasteiger partial charge in [0.2, 0.25) is 0 Å². The van der Waals surface area contributed by atoms with Crippen molar-refractivity contribution in [1.29, 1.82) is 0 Å². The van der Waals surface area contributed by atoms with Crippen molar-refractivity contribution >= 4 is 23.0 Å². The third-order valence-electron chi connectivity index (χ3n) is 3.44. The van der Waals surface area contributed by atoms with Crippen LogP contribution in [0.2, 0.25) is 0 Å². The summed E-state index contributed by atoms with van der Waals surface area (Å²) in [5, 5.41) is 6.11. The zero-order valence-corrected chi connectivity index (χ0v) is 13.2. The van der Waals surface area contributed by atoms with Crippen LogP contribution in [0.4, 0.5) is 17.1 Å². The molecule has 0 atom stereocenters.